The predicted octanol–water partition coefficient (Wildman–Crippen LogP) is 1.58. The molecular weight excluding hydrogens is 350 g/mol. The summed E-state index contributed by atoms with van der Waals surface area (Å²) < 4.78 is 5.09. The lowest BCUT2D eigenvalue weighted by molar-refractivity contribution is -0.384. The fourth-order valence-corrected chi connectivity index (χ4v) is 1.73. The fraction of sp³-hybridized carbons (Fsp3) is 0.273. The number of carboxylic acids is 1. The fourth-order valence-electron chi connectivity index (χ4n) is 1.38. The number of non-ortho nitro benzene ring substituents is 1. The molecule has 0 saturated heterocycles. The third-order valence-corrected chi connectivity index (χ3v) is 3.04. The SMILES string of the molecule is COCC(NC(=O)Nc1cc([N+](=O)[O-])ccc1Br)C(=O)O. The molecule has 1 atom stereocenters. The number of anilines is 1. The van der Waals surface area contributed by atoms with E-state index in [9.17, 15) is 19.7 Å². The topological polar surface area (TPSA) is 131 Å². The Balaban J connectivity index is 2.80. The molecule has 0 saturated carbocycles. The smallest absolute Gasteiger partial charge is 0.328 e. The molecule has 1 unspecified atom stereocenters. The van der Waals surface area contributed by atoms with E-state index in [0.717, 1.165) is 6.07 Å². The third kappa shape index (κ3) is 5.00. The van der Waals surface area contributed by atoms with Crippen molar-refractivity contribution in [1.82, 2.24) is 5.32 Å². The Labute approximate surface area is 127 Å². The number of carboxylic acid groups (broad SMARTS) is 1. The van der Waals surface area contributed by atoms with Crippen molar-refractivity contribution in [1.29, 1.82) is 0 Å². The maximum absolute atomic E-state index is 11.7. The van der Waals surface area contributed by atoms with Crippen molar-refractivity contribution >= 4 is 39.3 Å². The molecule has 1 aromatic carbocycles. The van der Waals surface area contributed by atoms with E-state index in [2.05, 4.69) is 31.3 Å². The van der Waals surface area contributed by atoms with Crippen LogP contribution in [0.15, 0.2) is 22.7 Å². The molecule has 0 fully saturated rings. The number of hydrogen-bond donors (Lipinski definition) is 3. The van der Waals surface area contributed by atoms with Gasteiger partial charge in [0.1, 0.15) is 0 Å². The summed E-state index contributed by atoms with van der Waals surface area (Å²) in [6.45, 7) is -0.209. The normalized spacial score (nSPS) is 11.5. The first-order valence-electron chi connectivity index (χ1n) is 5.58. The van der Waals surface area contributed by atoms with E-state index in [1.807, 2.05) is 0 Å². The summed E-state index contributed by atoms with van der Waals surface area (Å²) in [4.78, 5) is 32.6. The van der Waals surface area contributed by atoms with Crippen molar-refractivity contribution in [2.45, 2.75) is 6.04 Å². The van der Waals surface area contributed by atoms with E-state index in [4.69, 9.17) is 5.11 Å². The molecule has 0 radical (unpaired) electrons. The molecule has 0 aliphatic rings. The van der Waals surface area contributed by atoms with Gasteiger partial charge in [-0.2, -0.15) is 0 Å². The average Bonchev–Trinajstić information content (AvgIpc) is 2.40. The Hall–Kier alpha value is -2.20. The zero-order valence-electron chi connectivity index (χ0n) is 10.8. The van der Waals surface area contributed by atoms with Crippen molar-refractivity contribution in [2.24, 2.45) is 0 Å². The summed E-state index contributed by atoms with van der Waals surface area (Å²) in [5.41, 5.74) is -0.0663. The van der Waals surface area contributed by atoms with E-state index in [1.165, 1.54) is 19.2 Å². The van der Waals surface area contributed by atoms with Crippen LogP contribution in [0.4, 0.5) is 16.2 Å². The van der Waals surface area contributed by atoms with Crippen molar-refractivity contribution in [3.63, 3.8) is 0 Å². The Morgan fingerprint density at radius 3 is 2.71 bits per heavy atom. The van der Waals surface area contributed by atoms with E-state index in [0.29, 0.717) is 4.47 Å². The van der Waals surface area contributed by atoms with Gasteiger partial charge in [-0.05, 0) is 22.0 Å². The number of halogens is 1. The summed E-state index contributed by atoms with van der Waals surface area (Å²) in [7, 11) is 1.30. The molecular formula is C11H12BrN3O6. The summed E-state index contributed by atoms with van der Waals surface area (Å²) in [6, 6.07) is 1.76. The van der Waals surface area contributed by atoms with E-state index >= 15 is 0 Å². The lowest BCUT2D eigenvalue weighted by Crippen LogP contribution is -2.45. The number of carbonyl (C=O) groups is 2. The van der Waals surface area contributed by atoms with Gasteiger partial charge in [0.2, 0.25) is 0 Å². The molecule has 0 aliphatic heterocycles. The van der Waals surface area contributed by atoms with E-state index < -0.39 is 23.0 Å². The number of nitrogens with one attached hydrogen (secondary N) is 2. The van der Waals surface area contributed by atoms with Gasteiger partial charge >= 0.3 is 12.0 Å². The van der Waals surface area contributed by atoms with Gasteiger partial charge in [-0.1, -0.05) is 0 Å². The van der Waals surface area contributed by atoms with E-state index in [1.54, 1.807) is 0 Å². The highest BCUT2D eigenvalue weighted by atomic mass is 79.9. The van der Waals surface area contributed by atoms with Crippen LogP contribution in [0.2, 0.25) is 0 Å². The quantitative estimate of drug-likeness (QED) is 0.520. The number of nitro benzene ring substituents is 1. The molecule has 1 rings (SSSR count). The number of ether oxygens (including phenoxy) is 1. The van der Waals surface area contributed by atoms with Crippen LogP contribution in [0.1, 0.15) is 0 Å². The molecule has 0 aromatic heterocycles. The highest BCUT2D eigenvalue weighted by Gasteiger charge is 2.20. The highest BCUT2D eigenvalue weighted by molar-refractivity contribution is 9.10. The third-order valence-electron chi connectivity index (χ3n) is 2.35. The van der Waals surface area contributed by atoms with Crippen LogP contribution in [0.3, 0.4) is 0 Å². The molecule has 9 nitrogen and oxygen atoms in total. The summed E-state index contributed by atoms with van der Waals surface area (Å²) in [5, 5.41) is 24.0. The lowest BCUT2D eigenvalue weighted by atomic mass is 10.3. The number of urea groups is 1. The second-order valence-electron chi connectivity index (χ2n) is 3.87. The number of amides is 2. The van der Waals surface area contributed by atoms with Gasteiger partial charge in [0.25, 0.3) is 5.69 Å². The second-order valence-corrected chi connectivity index (χ2v) is 4.72. The predicted molar refractivity (Wildman–Crippen MR) is 76.3 cm³/mol. The van der Waals surface area contributed by atoms with Crippen molar-refractivity contribution in [3.8, 4) is 0 Å². The van der Waals surface area contributed by atoms with Gasteiger partial charge in [-0.3, -0.25) is 10.1 Å². The zero-order valence-corrected chi connectivity index (χ0v) is 12.4. The first kappa shape index (κ1) is 16.9. The largest absolute Gasteiger partial charge is 0.480 e. The maximum Gasteiger partial charge on any atom is 0.328 e. The van der Waals surface area contributed by atoms with Gasteiger partial charge < -0.3 is 20.5 Å². The van der Waals surface area contributed by atoms with Crippen LogP contribution in [0, 0.1) is 10.1 Å². The van der Waals surface area contributed by atoms with Crippen LogP contribution in [-0.4, -0.2) is 41.8 Å². The van der Waals surface area contributed by atoms with Gasteiger partial charge in [0, 0.05) is 23.7 Å². The first-order chi connectivity index (χ1) is 9.85. The summed E-state index contributed by atoms with van der Waals surface area (Å²) >= 11 is 3.13. The molecule has 1 aromatic rings. The van der Waals surface area contributed by atoms with Crippen LogP contribution < -0.4 is 10.6 Å². The summed E-state index contributed by atoms with van der Waals surface area (Å²) in [6.07, 6.45) is 0. The Morgan fingerprint density at radius 2 is 2.19 bits per heavy atom. The zero-order chi connectivity index (χ0) is 16.0. The van der Waals surface area contributed by atoms with Gasteiger partial charge in [0.05, 0.1) is 17.2 Å². The number of aliphatic carboxylic acids is 1. The van der Waals surface area contributed by atoms with Gasteiger partial charge in [0.15, 0.2) is 6.04 Å². The van der Waals surface area contributed by atoms with E-state index in [-0.39, 0.29) is 18.0 Å². The number of rotatable bonds is 6. The molecule has 0 spiro atoms. The van der Waals surface area contributed by atoms with Gasteiger partial charge in [-0.25, -0.2) is 9.59 Å². The number of nitro groups is 1. The number of hydrogen-bond acceptors (Lipinski definition) is 5. The Bertz CT molecular complexity index is 565. The molecule has 2 amide bonds. The molecule has 114 valence electrons. The molecule has 21 heavy (non-hydrogen) atoms. The Morgan fingerprint density at radius 1 is 1.52 bits per heavy atom. The lowest BCUT2D eigenvalue weighted by Gasteiger charge is -2.14. The Kier molecular flexibility index (Phi) is 6.06. The number of nitrogens with zero attached hydrogens (tertiary/aromatic N) is 1. The molecule has 0 heterocycles. The van der Waals surface area contributed by atoms with Crippen molar-refractivity contribution < 1.29 is 24.4 Å². The second kappa shape index (κ2) is 7.55. The van der Waals surface area contributed by atoms with Crippen LogP contribution in [0.25, 0.3) is 0 Å². The highest BCUT2D eigenvalue weighted by Crippen LogP contribution is 2.26. The minimum atomic E-state index is -1.26. The van der Waals surface area contributed by atoms with Crippen LogP contribution in [0.5, 0.6) is 0 Å². The molecule has 3 N–H and O–H groups in total. The minimum absolute atomic E-state index is 0.142. The van der Waals surface area contributed by atoms with Crippen molar-refractivity contribution in [3.05, 3.63) is 32.8 Å². The van der Waals surface area contributed by atoms with Crippen LogP contribution >= 0.6 is 15.9 Å². The first-order valence-corrected chi connectivity index (χ1v) is 6.37. The van der Waals surface area contributed by atoms with Gasteiger partial charge in [-0.15, -0.1) is 0 Å². The number of methoxy groups -OCH3 is 1. The van der Waals surface area contributed by atoms with Crippen LogP contribution in [-0.2, 0) is 9.53 Å². The van der Waals surface area contributed by atoms with Crippen molar-refractivity contribution in [2.75, 3.05) is 19.0 Å². The minimum Gasteiger partial charge on any atom is -0.480 e. The molecule has 10 heteroatoms. The maximum atomic E-state index is 11.7. The number of benzene rings is 1. The molecule has 0 aliphatic carbocycles. The standard InChI is InChI=1S/C11H12BrN3O6/c1-21-5-9(10(16)17)14-11(18)13-8-4-6(15(19)20)2-3-7(8)12/h2-4,9H,5H2,1H3,(H,16,17)(H2,13,14,18). The average molecular weight is 362 g/mol. The summed E-state index contributed by atoms with van der Waals surface area (Å²) in [5.74, 6) is -1.26. The number of carbonyl (C=O) groups excluding carboxylic acids is 1. The monoisotopic (exact) mass is 361 g/mol. The molecule has 0 bridgehead atoms.